The molecule has 0 unspecified atom stereocenters. The number of hydrogen-bond acceptors (Lipinski definition) is 11. The molecule has 1 saturated heterocycles. The SMILES string of the molecule is COc1ncc(-c2cc(-c3ncc(CN4C[C@@H](C)O[C@@H](C)C4)o3)c3cn[nH]c3c2)cc1NS(C)(=O)=O.O=C(O)/C=C\C(=O)O. The molecular formula is C28H32N6O9S. The first-order chi connectivity index (χ1) is 20.8. The minimum atomic E-state index is -3.53. The van der Waals surface area contributed by atoms with Gasteiger partial charge >= 0.3 is 11.9 Å². The average Bonchev–Trinajstić information content (AvgIpc) is 3.60. The summed E-state index contributed by atoms with van der Waals surface area (Å²) in [7, 11) is -2.09. The number of oxazole rings is 1. The Morgan fingerprint density at radius 3 is 2.36 bits per heavy atom. The molecule has 16 heteroatoms. The molecule has 4 N–H and O–H groups in total. The lowest BCUT2D eigenvalue weighted by atomic mass is 10.0. The van der Waals surface area contributed by atoms with Gasteiger partial charge in [-0.3, -0.25) is 14.7 Å². The molecular weight excluding hydrogens is 596 g/mol. The molecule has 0 amide bonds. The van der Waals surface area contributed by atoms with Crippen LogP contribution in [-0.2, 0) is 30.9 Å². The van der Waals surface area contributed by atoms with E-state index in [0.29, 0.717) is 30.2 Å². The van der Waals surface area contributed by atoms with Gasteiger partial charge in [0.1, 0.15) is 11.4 Å². The summed E-state index contributed by atoms with van der Waals surface area (Å²) in [6.07, 6.45) is 7.62. The highest BCUT2D eigenvalue weighted by molar-refractivity contribution is 7.92. The van der Waals surface area contributed by atoms with Crippen molar-refractivity contribution < 1.29 is 42.1 Å². The third-order valence-corrected chi connectivity index (χ3v) is 6.85. The summed E-state index contributed by atoms with van der Waals surface area (Å²) in [5.74, 6) is -1.10. The Morgan fingerprint density at radius 2 is 1.75 bits per heavy atom. The van der Waals surface area contributed by atoms with E-state index in [0.717, 1.165) is 47.1 Å². The van der Waals surface area contributed by atoms with Gasteiger partial charge in [0.15, 0.2) is 0 Å². The number of ether oxygens (including phenoxy) is 2. The molecule has 0 saturated carbocycles. The van der Waals surface area contributed by atoms with Gasteiger partial charge in [0.05, 0.1) is 50.0 Å². The molecule has 0 aliphatic carbocycles. The number of aromatic nitrogens is 4. The minimum Gasteiger partial charge on any atom is -0.480 e. The maximum Gasteiger partial charge on any atom is 0.328 e. The molecule has 0 radical (unpaired) electrons. The van der Waals surface area contributed by atoms with Crippen molar-refractivity contribution in [3.63, 3.8) is 0 Å². The number of pyridine rings is 1. The molecule has 1 aromatic carbocycles. The number of anilines is 1. The lowest BCUT2D eigenvalue weighted by Crippen LogP contribution is -2.44. The highest BCUT2D eigenvalue weighted by Gasteiger charge is 2.24. The average molecular weight is 629 g/mol. The summed E-state index contributed by atoms with van der Waals surface area (Å²) in [5.41, 5.74) is 3.26. The molecule has 1 fully saturated rings. The molecule has 4 heterocycles. The van der Waals surface area contributed by atoms with Crippen LogP contribution in [0.15, 0.2) is 53.4 Å². The molecule has 0 spiro atoms. The molecule has 5 rings (SSSR count). The van der Waals surface area contributed by atoms with Crippen LogP contribution >= 0.6 is 0 Å². The number of carboxylic acids is 2. The maximum absolute atomic E-state index is 11.8. The topological polar surface area (TPSA) is 210 Å². The normalized spacial score (nSPS) is 17.3. The summed E-state index contributed by atoms with van der Waals surface area (Å²) < 4.78 is 43.4. The van der Waals surface area contributed by atoms with Crippen molar-refractivity contribution in [1.82, 2.24) is 25.1 Å². The fraction of sp³-hybridized carbons (Fsp3) is 0.321. The molecule has 15 nitrogen and oxygen atoms in total. The largest absolute Gasteiger partial charge is 0.480 e. The van der Waals surface area contributed by atoms with Crippen molar-refractivity contribution in [1.29, 1.82) is 0 Å². The molecule has 1 aliphatic heterocycles. The van der Waals surface area contributed by atoms with Crippen LogP contribution in [0.25, 0.3) is 33.5 Å². The number of nitrogens with one attached hydrogen (secondary N) is 2. The number of aromatic amines is 1. The van der Waals surface area contributed by atoms with Crippen molar-refractivity contribution in [2.24, 2.45) is 0 Å². The standard InChI is InChI=1S/C24H28N6O5S.C4H4O4/c1-14-11-30(12-15(2)34-14)13-18-9-26-23(35-18)19-5-16(6-21-20(19)10-27-28-21)17-7-22(29-36(4,31)32)24(33-3)25-8-17;5-3(6)1-2-4(7)8/h5-10,14-15,29H,11-13H2,1-4H3,(H,27,28);1-2H,(H,5,6)(H,7,8)/b;2-1-/t14-,15+;. The van der Waals surface area contributed by atoms with Crippen LogP contribution in [0.2, 0.25) is 0 Å². The maximum atomic E-state index is 11.8. The van der Waals surface area contributed by atoms with Crippen molar-refractivity contribution in [2.45, 2.75) is 32.6 Å². The van der Waals surface area contributed by atoms with E-state index >= 15 is 0 Å². The highest BCUT2D eigenvalue weighted by Crippen LogP contribution is 2.35. The van der Waals surface area contributed by atoms with Crippen LogP contribution in [0, 0.1) is 0 Å². The van der Waals surface area contributed by atoms with E-state index in [4.69, 9.17) is 24.1 Å². The second-order valence-corrected chi connectivity index (χ2v) is 11.9. The van der Waals surface area contributed by atoms with E-state index in [1.165, 1.54) is 7.11 Å². The summed E-state index contributed by atoms with van der Waals surface area (Å²) in [6.45, 7) is 6.44. The number of carbonyl (C=O) groups is 2. The first kappa shape index (κ1) is 32.1. The smallest absolute Gasteiger partial charge is 0.328 e. The number of aliphatic carboxylic acids is 2. The van der Waals surface area contributed by atoms with Crippen LogP contribution in [0.4, 0.5) is 5.69 Å². The van der Waals surface area contributed by atoms with Gasteiger partial charge < -0.3 is 24.1 Å². The zero-order valence-corrected chi connectivity index (χ0v) is 25.2. The highest BCUT2D eigenvalue weighted by atomic mass is 32.2. The van der Waals surface area contributed by atoms with Gasteiger partial charge in [0.25, 0.3) is 0 Å². The number of sulfonamides is 1. The minimum absolute atomic E-state index is 0.165. The lowest BCUT2D eigenvalue weighted by Gasteiger charge is -2.34. The van der Waals surface area contributed by atoms with E-state index in [1.54, 1.807) is 24.7 Å². The van der Waals surface area contributed by atoms with Gasteiger partial charge in [-0.05, 0) is 37.6 Å². The van der Waals surface area contributed by atoms with E-state index < -0.39 is 22.0 Å². The number of benzene rings is 1. The molecule has 44 heavy (non-hydrogen) atoms. The van der Waals surface area contributed by atoms with E-state index in [-0.39, 0.29) is 23.8 Å². The predicted molar refractivity (Wildman–Crippen MR) is 160 cm³/mol. The summed E-state index contributed by atoms with van der Waals surface area (Å²) in [4.78, 5) is 30.2. The second-order valence-electron chi connectivity index (χ2n) is 10.1. The molecule has 0 bridgehead atoms. The number of rotatable bonds is 9. The summed E-state index contributed by atoms with van der Waals surface area (Å²) in [6, 6.07) is 5.52. The molecule has 1 aliphatic rings. The Hall–Kier alpha value is -4.80. The van der Waals surface area contributed by atoms with Crippen LogP contribution < -0.4 is 9.46 Å². The van der Waals surface area contributed by atoms with Crippen molar-refractivity contribution >= 4 is 38.6 Å². The first-order valence-electron chi connectivity index (χ1n) is 13.3. The Balaban J connectivity index is 0.000000488. The van der Waals surface area contributed by atoms with Crippen LogP contribution in [-0.4, -0.2) is 94.3 Å². The van der Waals surface area contributed by atoms with Gasteiger partial charge in [-0.15, -0.1) is 0 Å². The lowest BCUT2D eigenvalue weighted by molar-refractivity contribution is -0.134. The van der Waals surface area contributed by atoms with E-state index in [9.17, 15) is 18.0 Å². The van der Waals surface area contributed by atoms with Crippen molar-refractivity contribution in [3.8, 4) is 28.5 Å². The van der Waals surface area contributed by atoms with Crippen LogP contribution in [0.3, 0.4) is 0 Å². The fourth-order valence-corrected chi connectivity index (χ4v) is 5.27. The van der Waals surface area contributed by atoms with E-state index in [1.807, 2.05) is 12.1 Å². The summed E-state index contributed by atoms with van der Waals surface area (Å²) in [5, 5.41) is 23.7. The second kappa shape index (κ2) is 13.7. The Bertz CT molecular complexity index is 1760. The zero-order chi connectivity index (χ0) is 32.0. The number of morpholine rings is 1. The van der Waals surface area contributed by atoms with Gasteiger partial charge in [-0.2, -0.15) is 5.10 Å². The molecule has 2 atom stereocenters. The van der Waals surface area contributed by atoms with E-state index in [2.05, 4.69) is 43.6 Å². The fourth-order valence-electron chi connectivity index (χ4n) is 4.72. The molecule has 4 aromatic rings. The van der Waals surface area contributed by atoms with Gasteiger partial charge in [-0.25, -0.2) is 28.0 Å². The van der Waals surface area contributed by atoms with Crippen molar-refractivity contribution in [3.05, 3.63) is 54.7 Å². The number of methoxy groups -OCH3 is 1. The quantitative estimate of drug-likeness (QED) is 0.197. The number of H-pyrrole nitrogens is 1. The van der Waals surface area contributed by atoms with Gasteiger partial charge in [0, 0.05) is 48.0 Å². The number of carboxylic acid groups (broad SMARTS) is 2. The van der Waals surface area contributed by atoms with Crippen LogP contribution in [0.1, 0.15) is 19.6 Å². The van der Waals surface area contributed by atoms with Crippen molar-refractivity contribution in [2.75, 3.05) is 31.2 Å². The van der Waals surface area contributed by atoms with Crippen LogP contribution in [0.5, 0.6) is 5.88 Å². The Labute approximate surface area is 252 Å². The number of hydrogen-bond donors (Lipinski definition) is 4. The number of fused-ring (bicyclic) bond motifs is 1. The Morgan fingerprint density at radius 1 is 1.07 bits per heavy atom. The Kier molecular flexibility index (Phi) is 9.97. The third-order valence-electron chi connectivity index (χ3n) is 6.26. The molecule has 234 valence electrons. The van der Waals surface area contributed by atoms with Gasteiger partial charge in [-0.1, -0.05) is 0 Å². The predicted octanol–water partition coefficient (Wildman–Crippen LogP) is 2.98. The first-order valence-corrected chi connectivity index (χ1v) is 15.2. The molecule has 3 aromatic heterocycles. The van der Waals surface area contributed by atoms with Gasteiger partial charge in [0.2, 0.25) is 21.8 Å². The third kappa shape index (κ3) is 8.62. The monoisotopic (exact) mass is 628 g/mol. The number of nitrogens with zero attached hydrogens (tertiary/aromatic N) is 4. The summed E-state index contributed by atoms with van der Waals surface area (Å²) >= 11 is 0. The zero-order valence-electron chi connectivity index (χ0n) is 24.3.